The van der Waals surface area contributed by atoms with Gasteiger partial charge in [-0.1, -0.05) is 241 Å². The summed E-state index contributed by atoms with van der Waals surface area (Å²) >= 11 is 0. The summed E-state index contributed by atoms with van der Waals surface area (Å²) in [6.45, 7) is 26.1. The van der Waals surface area contributed by atoms with Crippen molar-refractivity contribution in [3.63, 3.8) is 0 Å². The van der Waals surface area contributed by atoms with E-state index in [4.69, 9.17) is 0 Å². The van der Waals surface area contributed by atoms with Crippen molar-refractivity contribution in [2.45, 2.75) is 88.5 Å². The Morgan fingerprint density at radius 1 is 0.254 bits per heavy atom. The molecule has 0 bridgehead atoms. The highest BCUT2D eigenvalue weighted by Crippen LogP contribution is 2.49. The zero-order valence-electron chi connectivity index (χ0n) is 42.0. The summed E-state index contributed by atoms with van der Waals surface area (Å²) in [7, 11) is 0. The van der Waals surface area contributed by atoms with Crippen molar-refractivity contribution >= 4 is 32.3 Å². The minimum Gasteiger partial charge on any atom is -0.0616 e. The van der Waals surface area contributed by atoms with Crippen molar-refractivity contribution in [1.82, 2.24) is 0 Å². The molecule has 0 amide bonds. The van der Waals surface area contributed by atoms with Gasteiger partial charge in [0.15, 0.2) is 0 Å². The molecule has 0 heterocycles. The number of benzene rings is 10. The second-order valence-electron chi connectivity index (χ2n) is 19.2. The van der Waals surface area contributed by atoms with Crippen LogP contribution in [0.5, 0.6) is 0 Å². The van der Waals surface area contributed by atoms with E-state index >= 15 is 0 Å². The van der Waals surface area contributed by atoms with E-state index in [1.165, 1.54) is 121 Å². The van der Waals surface area contributed by atoms with Crippen LogP contribution in [0, 0.1) is 69.2 Å². The number of hydrogen-bond acceptors (Lipinski definition) is 0. The molecule has 0 aromatic heterocycles. The van der Waals surface area contributed by atoms with Gasteiger partial charge in [-0.2, -0.15) is 0 Å². The van der Waals surface area contributed by atoms with E-state index in [0.29, 0.717) is 0 Å². The SMILES string of the molecule is Cc1c2ccccc2c(C)c2ccccc12.Cc1ccc(-c2ccc(C)cc2)cc1.Cc1ccc(C)c2ccccc12.Cc1ccc(C)cc1.Cc1ccc2c(c1)C(C)(C)c1cc(C)ccc1-2. The standard InChI is InChI=1S/C17H18.C16H14.C14H14.C12H12.C8H10/c1-11-5-7-13-14-8-6-12(2)10-16(14)17(3,4)15(13)9-11;1-11-13-7-3-5-9-15(13)12(2)16-10-6-4-8-14(11)16;1-11-3-7-13(8-4-11)14-9-5-12(2)6-10-14;1-9-7-8-10(2)12-6-4-3-5-11(9)12;1-7-3-5-8(2)6-4-7/h5-10H,1-4H3;3-10H,1-2H3;3-10H,1-2H3;3-8H,1-2H3;3-6H,1-2H3. The summed E-state index contributed by atoms with van der Waals surface area (Å²) < 4.78 is 0. The molecule has 10 aromatic rings. The van der Waals surface area contributed by atoms with Crippen molar-refractivity contribution in [3.8, 4) is 22.3 Å². The Balaban J connectivity index is 0.000000127. The molecule has 0 fully saturated rings. The van der Waals surface area contributed by atoms with Crippen LogP contribution in [0.2, 0.25) is 0 Å². The third-order valence-electron chi connectivity index (χ3n) is 13.5. The van der Waals surface area contributed by atoms with Crippen LogP contribution in [0.4, 0.5) is 0 Å². The lowest BCUT2D eigenvalue weighted by atomic mass is 9.81. The number of hydrogen-bond donors (Lipinski definition) is 0. The van der Waals surface area contributed by atoms with E-state index in [0.717, 1.165) is 0 Å². The smallest absolute Gasteiger partial charge is 0.0159 e. The number of fused-ring (bicyclic) bond motifs is 6. The van der Waals surface area contributed by atoms with Crippen LogP contribution in [0.3, 0.4) is 0 Å². The van der Waals surface area contributed by atoms with Crippen LogP contribution in [-0.2, 0) is 5.41 Å². The molecule has 0 aliphatic heterocycles. The molecule has 10 aromatic carbocycles. The molecule has 0 saturated heterocycles. The van der Waals surface area contributed by atoms with Gasteiger partial charge in [-0.3, -0.25) is 0 Å². The van der Waals surface area contributed by atoms with Gasteiger partial charge in [0.25, 0.3) is 0 Å². The first kappa shape index (κ1) is 47.9. The topological polar surface area (TPSA) is 0 Å². The van der Waals surface area contributed by atoms with Gasteiger partial charge in [0, 0.05) is 5.41 Å². The van der Waals surface area contributed by atoms with Crippen LogP contribution in [0.25, 0.3) is 54.6 Å². The monoisotopic (exact) mass is 873 g/mol. The molecule has 11 rings (SSSR count). The molecular formula is C67H68. The fourth-order valence-electron chi connectivity index (χ4n) is 9.26. The maximum Gasteiger partial charge on any atom is 0.0159 e. The Bertz CT molecular complexity index is 2990. The summed E-state index contributed by atoms with van der Waals surface area (Å²) in [5.74, 6) is 0. The first-order valence-corrected chi connectivity index (χ1v) is 23.8. The lowest BCUT2D eigenvalue weighted by molar-refractivity contribution is 0.659. The minimum absolute atomic E-state index is 0.142. The molecule has 0 heteroatoms. The van der Waals surface area contributed by atoms with E-state index in [1.807, 2.05) is 0 Å². The highest BCUT2D eigenvalue weighted by atomic mass is 14.4. The second-order valence-corrected chi connectivity index (χ2v) is 19.2. The summed E-state index contributed by atoms with van der Waals surface area (Å²) in [4.78, 5) is 0. The first-order chi connectivity index (χ1) is 32.1. The highest BCUT2D eigenvalue weighted by molar-refractivity contribution is 6.05. The molecule has 67 heavy (non-hydrogen) atoms. The summed E-state index contributed by atoms with van der Waals surface area (Å²) in [6.07, 6.45) is 0. The zero-order valence-corrected chi connectivity index (χ0v) is 42.0. The van der Waals surface area contributed by atoms with Crippen LogP contribution in [-0.4, -0.2) is 0 Å². The van der Waals surface area contributed by atoms with Crippen molar-refractivity contribution in [2.75, 3.05) is 0 Å². The molecule has 0 atom stereocenters. The largest absolute Gasteiger partial charge is 0.0616 e. The van der Waals surface area contributed by atoms with E-state index in [9.17, 15) is 0 Å². The van der Waals surface area contributed by atoms with Crippen molar-refractivity contribution in [3.05, 3.63) is 261 Å². The van der Waals surface area contributed by atoms with Gasteiger partial charge in [-0.15, -0.1) is 0 Å². The van der Waals surface area contributed by atoms with Gasteiger partial charge in [-0.05, 0) is 157 Å². The lowest BCUT2D eigenvalue weighted by Gasteiger charge is -2.22. The molecular weight excluding hydrogens is 805 g/mol. The van der Waals surface area contributed by atoms with Gasteiger partial charge < -0.3 is 0 Å². The fourth-order valence-corrected chi connectivity index (χ4v) is 9.26. The van der Waals surface area contributed by atoms with E-state index in [1.54, 1.807) is 0 Å². The first-order valence-electron chi connectivity index (χ1n) is 23.8. The third-order valence-corrected chi connectivity index (χ3v) is 13.5. The molecule has 0 nitrogen and oxygen atoms in total. The molecule has 1 aliphatic rings. The van der Waals surface area contributed by atoms with Gasteiger partial charge in [0.05, 0.1) is 0 Å². The molecule has 0 unspecified atom stereocenters. The van der Waals surface area contributed by atoms with Crippen LogP contribution >= 0.6 is 0 Å². The maximum absolute atomic E-state index is 2.34. The van der Waals surface area contributed by atoms with Gasteiger partial charge in [0.1, 0.15) is 0 Å². The Hall–Kier alpha value is -7.02. The molecule has 1 aliphatic carbocycles. The molecule has 0 saturated carbocycles. The summed E-state index contributed by atoms with van der Waals surface area (Å²) in [5, 5.41) is 8.24. The Morgan fingerprint density at radius 3 is 0.806 bits per heavy atom. The van der Waals surface area contributed by atoms with Gasteiger partial charge in [0.2, 0.25) is 0 Å². The normalized spacial score (nSPS) is 11.7. The molecule has 0 spiro atoms. The number of rotatable bonds is 1. The predicted octanol–water partition coefficient (Wildman–Crippen LogP) is 19.0. The number of aryl methyl sites for hydroxylation is 10. The summed E-state index contributed by atoms with van der Waals surface area (Å²) in [6, 6.07) is 69.6. The van der Waals surface area contributed by atoms with Gasteiger partial charge >= 0.3 is 0 Å². The van der Waals surface area contributed by atoms with E-state index in [-0.39, 0.29) is 5.41 Å². The van der Waals surface area contributed by atoms with Crippen LogP contribution in [0.1, 0.15) is 80.6 Å². The minimum atomic E-state index is 0.142. The average molecular weight is 873 g/mol. The Labute approximate surface area is 402 Å². The third kappa shape index (κ3) is 11.2. The van der Waals surface area contributed by atoms with Crippen molar-refractivity contribution in [1.29, 1.82) is 0 Å². The van der Waals surface area contributed by atoms with Crippen LogP contribution in [0.15, 0.2) is 194 Å². The molecule has 0 N–H and O–H groups in total. The quantitative estimate of drug-likeness (QED) is 0.144. The average Bonchev–Trinajstić information content (AvgIpc) is 3.56. The zero-order chi connectivity index (χ0) is 47.8. The molecule has 0 radical (unpaired) electrons. The molecule has 336 valence electrons. The Morgan fingerprint density at radius 2 is 0.507 bits per heavy atom. The van der Waals surface area contributed by atoms with Crippen molar-refractivity contribution in [2.24, 2.45) is 0 Å². The Kier molecular flexibility index (Phi) is 15.1. The second kappa shape index (κ2) is 21.1. The van der Waals surface area contributed by atoms with E-state index < -0.39 is 0 Å². The predicted molar refractivity (Wildman–Crippen MR) is 295 cm³/mol. The highest BCUT2D eigenvalue weighted by Gasteiger charge is 2.35. The lowest BCUT2D eigenvalue weighted by Crippen LogP contribution is -2.15. The van der Waals surface area contributed by atoms with Gasteiger partial charge in [-0.25, -0.2) is 0 Å². The van der Waals surface area contributed by atoms with Crippen LogP contribution < -0.4 is 0 Å². The maximum atomic E-state index is 2.34. The van der Waals surface area contributed by atoms with Crippen molar-refractivity contribution < 1.29 is 0 Å². The summed E-state index contributed by atoms with van der Waals surface area (Å²) in [5.41, 5.74) is 21.9. The van der Waals surface area contributed by atoms with E-state index in [2.05, 4.69) is 277 Å². The fraction of sp³-hybridized carbons (Fsp3) is 0.194.